The summed E-state index contributed by atoms with van der Waals surface area (Å²) in [5.74, 6) is 0.746. The van der Waals surface area contributed by atoms with Gasteiger partial charge in [-0.25, -0.2) is 4.98 Å². The fraction of sp³-hybridized carbons (Fsp3) is 0.286. The fourth-order valence-electron chi connectivity index (χ4n) is 3.40. The van der Waals surface area contributed by atoms with Crippen molar-refractivity contribution in [1.82, 2.24) is 9.88 Å². The van der Waals surface area contributed by atoms with E-state index in [0.29, 0.717) is 6.54 Å². The number of nitrogens with zero attached hydrogens (tertiary/aromatic N) is 3. The minimum atomic E-state index is -4.67. The van der Waals surface area contributed by atoms with Crippen molar-refractivity contribution in [3.63, 3.8) is 0 Å². The number of halogens is 3. The third-order valence-corrected chi connectivity index (χ3v) is 4.74. The van der Waals surface area contributed by atoms with Gasteiger partial charge in [0.05, 0.1) is 5.52 Å². The number of para-hydroxylation sites is 1. The largest absolute Gasteiger partial charge is 0.573 e. The van der Waals surface area contributed by atoms with Gasteiger partial charge in [-0.05, 0) is 29.8 Å². The Hall–Kier alpha value is -2.80. The average molecular weight is 386 g/mol. The van der Waals surface area contributed by atoms with Crippen molar-refractivity contribution >= 4 is 16.7 Å². The molecule has 0 N–H and O–H groups in total. The topological polar surface area (TPSA) is 28.6 Å². The van der Waals surface area contributed by atoms with Gasteiger partial charge in [0.2, 0.25) is 0 Å². The van der Waals surface area contributed by atoms with E-state index in [2.05, 4.69) is 25.6 Å². The third-order valence-electron chi connectivity index (χ3n) is 4.74. The Kier molecular flexibility index (Phi) is 5.09. The van der Waals surface area contributed by atoms with Gasteiger partial charge < -0.3 is 9.64 Å². The molecular weight excluding hydrogens is 367 g/mol. The predicted molar refractivity (Wildman–Crippen MR) is 101 cm³/mol. The van der Waals surface area contributed by atoms with Gasteiger partial charge in [-0.1, -0.05) is 30.3 Å². The van der Waals surface area contributed by atoms with E-state index in [-0.39, 0.29) is 5.75 Å². The zero-order chi connectivity index (χ0) is 19.6. The fourth-order valence-corrected chi connectivity index (χ4v) is 3.40. The van der Waals surface area contributed by atoms with Crippen LogP contribution in [-0.4, -0.2) is 42.4 Å². The molecule has 1 aliphatic rings. The van der Waals surface area contributed by atoms with Crippen LogP contribution in [0, 0.1) is 6.07 Å². The number of rotatable bonds is 4. The van der Waals surface area contributed by atoms with Gasteiger partial charge >= 0.3 is 6.36 Å². The predicted octanol–water partition coefficient (Wildman–Crippen LogP) is 4.26. The number of alkyl halides is 3. The zero-order valence-corrected chi connectivity index (χ0v) is 15.1. The van der Waals surface area contributed by atoms with Gasteiger partial charge in [-0.3, -0.25) is 4.90 Å². The molecule has 3 aromatic rings. The van der Waals surface area contributed by atoms with Crippen molar-refractivity contribution in [2.75, 3.05) is 31.1 Å². The minimum Gasteiger partial charge on any atom is -0.406 e. The summed E-state index contributed by atoms with van der Waals surface area (Å²) in [5.41, 5.74) is 1.65. The summed E-state index contributed by atoms with van der Waals surface area (Å²) in [7, 11) is 0. The number of aromatic nitrogens is 1. The van der Waals surface area contributed by atoms with E-state index in [9.17, 15) is 13.2 Å². The molecule has 0 atom stereocenters. The second kappa shape index (κ2) is 7.67. The maximum absolute atomic E-state index is 12.4. The average Bonchev–Trinajstić information content (AvgIpc) is 2.67. The summed E-state index contributed by atoms with van der Waals surface area (Å²) in [4.78, 5) is 9.12. The Morgan fingerprint density at radius 3 is 2.61 bits per heavy atom. The highest BCUT2D eigenvalue weighted by Gasteiger charge is 2.31. The molecule has 7 heteroatoms. The number of hydrogen-bond donors (Lipinski definition) is 0. The molecule has 0 unspecified atom stereocenters. The van der Waals surface area contributed by atoms with Crippen molar-refractivity contribution in [2.24, 2.45) is 0 Å². The summed E-state index contributed by atoms with van der Waals surface area (Å²) >= 11 is 0. The zero-order valence-electron chi connectivity index (χ0n) is 15.1. The SMILES string of the molecule is FC(F)(F)Oc1cccc(CN2CCN(c3ccc4ccc[c]c4n3)CC2)c1. The van der Waals surface area contributed by atoms with E-state index in [1.807, 2.05) is 36.4 Å². The molecule has 4 rings (SSSR count). The molecule has 1 radical (unpaired) electrons. The lowest BCUT2D eigenvalue weighted by atomic mass is 10.2. The molecule has 0 bridgehead atoms. The highest BCUT2D eigenvalue weighted by molar-refractivity contribution is 5.79. The smallest absolute Gasteiger partial charge is 0.406 e. The molecular formula is C21H19F3N3O. The number of hydrogen-bond acceptors (Lipinski definition) is 4. The number of fused-ring (bicyclic) bond motifs is 1. The molecule has 1 fully saturated rings. The first kappa shape index (κ1) is 18.6. The van der Waals surface area contributed by atoms with Crippen LogP contribution in [0.1, 0.15) is 5.56 Å². The lowest BCUT2D eigenvalue weighted by molar-refractivity contribution is -0.274. The lowest BCUT2D eigenvalue weighted by Gasteiger charge is -2.35. The summed E-state index contributed by atoms with van der Waals surface area (Å²) < 4.78 is 41.2. The molecule has 28 heavy (non-hydrogen) atoms. The second-order valence-corrected chi connectivity index (χ2v) is 6.74. The molecule has 145 valence electrons. The van der Waals surface area contributed by atoms with Crippen molar-refractivity contribution in [1.29, 1.82) is 0 Å². The monoisotopic (exact) mass is 386 g/mol. The Bertz CT molecular complexity index is 953. The van der Waals surface area contributed by atoms with E-state index in [0.717, 1.165) is 48.5 Å². The molecule has 0 spiro atoms. The molecule has 2 heterocycles. The van der Waals surface area contributed by atoms with Gasteiger partial charge in [0.15, 0.2) is 0 Å². The van der Waals surface area contributed by atoms with Crippen LogP contribution in [-0.2, 0) is 6.54 Å². The summed E-state index contributed by atoms with van der Waals surface area (Å²) in [6.45, 7) is 3.82. The first-order valence-electron chi connectivity index (χ1n) is 9.06. The molecule has 1 saturated heterocycles. The summed E-state index contributed by atoms with van der Waals surface area (Å²) in [5, 5.41) is 1.06. The maximum Gasteiger partial charge on any atom is 0.573 e. The van der Waals surface area contributed by atoms with Crippen molar-refractivity contribution < 1.29 is 17.9 Å². The van der Waals surface area contributed by atoms with Crippen LogP contribution >= 0.6 is 0 Å². The third kappa shape index (κ3) is 4.54. The Labute approximate surface area is 161 Å². The number of pyridine rings is 1. The van der Waals surface area contributed by atoms with Crippen molar-refractivity contribution in [3.8, 4) is 5.75 Å². The van der Waals surface area contributed by atoms with Gasteiger partial charge in [0, 0.05) is 44.2 Å². The van der Waals surface area contributed by atoms with Gasteiger partial charge in [-0.2, -0.15) is 0 Å². The first-order chi connectivity index (χ1) is 13.5. The van der Waals surface area contributed by atoms with Crippen LogP contribution in [0.15, 0.2) is 54.6 Å². The summed E-state index contributed by atoms with van der Waals surface area (Å²) in [6.07, 6.45) is -4.67. The molecule has 2 aromatic carbocycles. The standard InChI is InChI=1S/C21H19F3N3O/c22-21(23,24)28-18-6-3-4-16(14-18)15-26-10-12-27(13-11-26)20-9-8-17-5-1-2-7-19(17)25-20/h1-6,8-9,14H,10-13,15H2. The van der Waals surface area contributed by atoms with E-state index < -0.39 is 6.36 Å². The minimum absolute atomic E-state index is 0.180. The van der Waals surface area contributed by atoms with E-state index in [1.165, 1.54) is 12.1 Å². The van der Waals surface area contributed by atoms with Crippen molar-refractivity contribution in [3.05, 3.63) is 66.2 Å². The van der Waals surface area contributed by atoms with Crippen LogP contribution < -0.4 is 9.64 Å². The Morgan fingerprint density at radius 2 is 1.82 bits per heavy atom. The number of benzene rings is 2. The van der Waals surface area contributed by atoms with Gasteiger partial charge in [-0.15, -0.1) is 13.2 Å². The lowest BCUT2D eigenvalue weighted by Crippen LogP contribution is -2.46. The molecule has 0 saturated carbocycles. The molecule has 0 aliphatic carbocycles. The maximum atomic E-state index is 12.4. The van der Waals surface area contributed by atoms with Crippen LogP contribution in [0.3, 0.4) is 0 Å². The van der Waals surface area contributed by atoms with Crippen LogP contribution in [0.4, 0.5) is 19.0 Å². The highest BCUT2D eigenvalue weighted by Crippen LogP contribution is 2.24. The molecule has 1 aliphatic heterocycles. The Morgan fingerprint density at radius 1 is 1.00 bits per heavy atom. The summed E-state index contributed by atoms with van der Waals surface area (Å²) in [6, 6.07) is 19.2. The molecule has 0 amide bonds. The van der Waals surface area contributed by atoms with E-state index >= 15 is 0 Å². The number of ether oxygens (including phenoxy) is 1. The first-order valence-corrected chi connectivity index (χ1v) is 9.06. The Balaban J connectivity index is 1.37. The van der Waals surface area contributed by atoms with Crippen LogP contribution in [0.5, 0.6) is 5.75 Å². The number of anilines is 1. The normalized spacial score (nSPS) is 15.8. The van der Waals surface area contributed by atoms with Gasteiger partial charge in [0.25, 0.3) is 0 Å². The molecule has 1 aromatic heterocycles. The molecule has 4 nitrogen and oxygen atoms in total. The van der Waals surface area contributed by atoms with E-state index in [4.69, 9.17) is 0 Å². The van der Waals surface area contributed by atoms with Crippen LogP contribution in [0.2, 0.25) is 0 Å². The van der Waals surface area contributed by atoms with E-state index in [1.54, 1.807) is 6.07 Å². The quantitative estimate of drug-likeness (QED) is 0.670. The van der Waals surface area contributed by atoms with Crippen molar-refractivity contribution in [2.45, 2.75) is 12.9 Å². The highest BCUT2D eigenvalue weighted by atomic mass is 19.4. The van der Waals surface area contributed by atoms with Crippen LogP contribution in [0.25, 0.3) is 10.9 Å². The van der Waals surface area contributed by atoms with Gasteiger partial charge in [0.1, 0.15) is 11.6 Å². The second-order valence-electron chi connectivity index (χ2n) is 6.74. The number of piperazine rings is 1.